The lowest BCUT2D eigenvalue weighted by Gasteiger charge is -2.16. The third-order valence-corrected chi connectivity index (χ3v) is 4.46. The molecule has 0 amide bonds. The summed E-state index contributed by atoms with van der Waals surface area (Å²) in [6.07, 6.45) is 2.26. The molecule has 3 heterocycles. The monoisotopic (exact) mass is 305 g/mol. The van der Waals surface area contributed by atoms with E-state index in [1.165, 1.54) is 11.6 Å². The maximum atomic E-state index is 12.6. The van der Waals surface area contributed by atoms with Crippen molar-refractivity contribution in [1.82, 2.24) is 24.0 Å². The van der Waals surface area contributed by atoms with E-state index in [1.54, 1.807) is 7.05 Å². The van der Waals surface area contributed by atoms with Crippen LogP contribution in [0.25, 0.3) is 11.2 Å². The number of aromatic nitrogens is 4. The fourth-order valence-electron chi connectivity index (χ4n) is 3.22. The molecule has 1 N–H and O–H groups in total. The first-order valence-corrected chi connectivity index (χ1v) is 7.81. The van der Waals surface area contributed by atoms with Crippen molar-refractivity contribution in [3.8, 4) is 0 Å². The number of nitrogens with zero attached hydrogens (tertiary/aromatic N) is 4. The lowest BCUT2D eigenvalue weighted by Crippen LogP contribution is -2.38. The zero-order valence-corrected chi connectivity index (χ0v) is 13.6. The summed E-state index contributed by atoms with van der Waals surface area (Å²) < 4.78 is 4.62. The van der Waals surface area contributed by atoms with E-state index in [0.717, 1.165) is 36.3 Å². The number of hydrogen-bond acceptors (Lipinski definition) is 4. The van der Waals surface area contributed by atoms with Crippen molar-refractivity contribution in [3.05, 3.63) is 26.7 Å². The molecule has 1 fully saturated rings. The van der Waals surface area contributed by atoms with Gasteiger partial charge in [-0.05, 0) is 19.4 Å². The summed E-state index contributed by atoms with van der Waals surface area (Å²) in [5, 5.41) is 3.46. The number of hydrogen-bond donors (Lipinski definition) is 1. The number of nitrogens with one attached hydrogen (secondary N) is 1. The van der Waals surface area contributed by atoms with Gasteiger partial charge in [0.1, 0.15) is 5.82 Å². The molecule has 1 saturated heterocycles. The summed E-state index contributed by atoms with van der Waals surface area (Å²) in [4.78, 5) is 29.3. The Balaban J connectivity index is 2.29. The van der Waals surface area contributed by atoms with Gasteiger partial charge in [0.25, 0.3) is 5.56 Å². The molecule has 0 aliphatic carbocycles. The van der Waals surface area contributed by atoms with Crippen LogP contribution in [0.4, 0.5) is 0 Å². The molecular formula is C15H23N5O2. The molecule has 0 saturated carbocycles. The Kier molecular flexibility index (Phi) is 3.68. The number of rotatable bonds is 3. The van der Waals surface area contributed by atoms with E-state index in [-0.39, 0.29) is 17.2 Å². The summed E-state index contributed by atoms with van der Waals surface area (Å²) in [6, 6.07) is 0.358. The van der Waals surface area contributed by atoms with Gasteiger partial charge in [0.05, 0.1) is 0 Å². The van der Waals surface area contributed by atoms with Crippen molar-refractivity contribution >= 4 is 11.2 Å². The van der Waals surface area contributed by atoms with Gasteiger partial charge in [-0.15, -0.1) is 0 Å². The standard InChI is InChI=1S/C15H23N5O2/c1-9(2)12-17-13-11(14(21)19(4)15(22)18(13)3)20(12)8-10-6-5-7-16-10/h9-10,16H,5-8H2,1-4H3. The van der Waals surface area contributed by atoms with Crippen molar-refractivity contribution in [1.29, 1.82) is 0 Å². The summed E-state index contributed by atoms with van der Waals surface area (Å²) in [5.41, 5.74) is 0.406. The molecule has 3 rings (SSSR count). The minimum atomic E-state index is -0.337. The molecule has 7 nitrogen and oxygen atoms in total. The van der Waals surface area contributed by atoms with Crippen molar-refractivity contribution in [3.63, 3.8) is 0 Å². The fraction of sp³-hybridized carbons (Fsp3) is 0.667. The molecule has 2 aromatic heterocycles. The summed E-state index contributed by atoms with van der Waals surface area (Å²) in [7, 11) is 3.18. The van der Waals surface area contributed by atoms with Crippen molar-refractivity contribution in [2.24, 2.45) is 14.1 Å². The molecule has 1 unspecified atom stereocenters. The van der Waals surface area contributed by atoms with Crippen molar-refractivity contribution in [2.75, 3.05) is 6.54 Å². The maximum Gasteiger partial charge on any atom is 0.332 e. The Morgan fingerprint density at radius 3 is 2.59 bits per heavy atom. The van der Waals surface area contributed by atoms with E-state index < -0.39 is 0 Å². The molecule has 1 atom stereocenters. The second kappa shape index (κ2) is 5.39. The molecule has 0 spiro atoms. The van der Waals surface area contributed by atoms with Crippen LogP contribution in [0.2, 0.25) is 0 Å². The number of fused-ring (bicyclic) bond motifs is 1. The van der Waals surface area contributed by atoms with Crippen LogP contribution < -0.4 is 16.6 Å². The zero-order valence-electron chi connectivity index (χ0n) is 13.6. The Morgan fingerprint density at radius 2 is 2.00 bits per heavy atom. The first-order chi connectivity index (χ1) is 10.4. The molecule has 1 aliphatic heterocycles. The van der Waals surface area contributed by atoms with Crippen LogP contribution in [0.3, 0.4) is 0 Å². The van der Waals surface area contributed by atoms with Gasteiger partial charge in [-0.2, -0.15) is 0 Å². The molecule has 0 bridgehead atoms. The Labute approximate surface area is 128 Å². The van der Waals surface area contributed by atoms with Crippen LogP contribution in [0.15, 0.2) is 9.59 Å². The van der Waals surface area contributed by atoms with Crippen LogP contribution >= 0.6 is 0 Å². The van der Waals surface area contributed by atoms with Crippen LogP contribution in [-0.4, -0.2) is 31.3 Å². The minimum absolute atomic E-state index is 0.189. The van der Waals surface area contributed by atoms with E-state index >= 15 is 0 Å². The van der Waals surface area contributed by atoms with Gasteiger partial charge in [-0.3, -0.25) is 13.9 Å². The van der Waals surface area contributed by atoms with E-state index in [0.29, 0.717) is 17.2 Å². The van der Waals surface area contributed by atoms with E-state index in [4.69, 9.17) is 0 Å². The number of aryl methyl sites for hydroxylation is 1. The van der Waals surface area contributed by atoms with E-state index in [9.17, 15) is 9.59 Å². The highest BCUT2D eigenvalue weighted by Crippen LogP contribution is 2.20. The largest absolute Gasteiger partial charge is 0.332 e. The third kappa shape index (κ3) is 2.20. The molecule has 7 heteroatoms. The predicted molar refractivity (Wildman–Crippen MR) is 85.3 cm³/mol. The highest BCUT2D eigenvalue weighted by molar-refractivity contribution is 5.71. The molecule has 22 heavy (non-hydrogen) atoms. The van der Waals surface area contributed by atoms with Crippen LogP contribution in [0, 0.1) is 0 Å². The molecule has 2 aromatic rings. The Hall–Kier alpha value is -1.89. The normalized spacial score (nSPS) is 18.7. The van der Waals surface area contributed by atoms with Gasteiger partial charge in [0, 0.05) is 32.6 Å². The Morgan fingerprint density at radius 1 is 1.27 bits per heavy atom. The van der Waals surface area contributed by atoms with Gasteiger partial charge < -0.3 is 9.88 Å². The van der Waals surface area contributed by atoms with E-state index in [2.05, 4.69) is 24.1 Å². The Bertz CT molecular complexity index is 821. The third-order valence-electron chi connectivity index (χ3n) is 4.46. The summed E-state index contributed by atoms with van der Waals surface area (Å²) in [6.45, 7) is 5.85. The van der Waals surface area contributed by atoms with E-state index in [1.807, 2.05) is 4.57 Å². The van der Waals surface area contributed by atoms with Gasteiger partial charge in [-0.1, -0.05) is 13.8 Å². The lowest BCUT2D eigenvalue weighted by molar-refractivity contribution is 0.496. The first-order valence-electron chi connectivity index (χ1n) is 7.81. The molecule has 0 aromatic carbocycles. The first kappa shape index (κ1) is 15.0. The summed E-state index contributed by atoms with van der Waals surface area (Å²) in [5.74, 6) is 1.05. The van der Waals surface area contributed by atoms with Gasteiger partial charge in [0.15, 0.2) is 11.2 Å². The van der Waals surface area contributed by atoms with Crippen LogP contribution in [0.1, 0.15) is 38.4 Å². The average molecular weight is 305 g/mol. The van der Waals surface area contributed by atoms with Crippen LogP contribution in [0.5, 0.6) is 0 Å². The summed E-state index contributed by atoms with van der Waals surface area (Å²) >= 11 is 0. The topological polar surface area (TPSA) is 73.8 Å². The molecular weight excluding hydrogens is 282 g/mol. The zero-order chi connectivity index (χ0) is 16.0. The lowest BCUT2D eigenvalue weighted by atomic mass is 10.2. The highest BCUT2D eigenvalue weighted by Gasteiger charge is 2.23. The van der Waals surface area contributed by atoms with Gasteiger partial charge >= 0.3 is 5.69 Å². The quantitative estimate of drug-likeness (QED) is 0.885. The molecule has 1 aliphatic rings. The van der Waals surface area contributed by atoms with Crippen LogP contribution in [-0.2, 0) is 20.6 Å². The second-order valence-corrected chi connectivity index (χ2v) is 6.41. The molecule has 0 radical (unpaired) electrons. The van der Waals surface area contributed by atoms with Gasteiger partial charge in [0.2, 0.25) is 0 Å². The second-order valence-electron chi connectivity index (χ2n) is 6.41. The van der Waals surface area contributed by atoms with Crippen molar-refractivity contribution in [2.45, 2.75) is 45.2 Å². The average Bonchev–Trinajstić information content (AvgIpc) is 3.11. The SMILES string of the molecule is CC(C)c1nc2c(c(=O)n(C)c(=O)n2C)n1CC1CCCN1. The fourth-order valence-corrected chi connectivity index (χ4v) is 3.22. The highest BCUT2D eigenvalue weighted by atomic mass is 16.2. The van der Waals surface area contributed by atoms with Gasteiger partial charge in [-0.25, -0.2) is 9.78 Å². The van der Waals surface area contributed by atoms with Crippen molar-refractivity contribution < 1.29 is 0 Å². The minimum Gasteiger partial charge on any atom is -0.320 e. The smallest absolute Gasteiger partial charge is 0.320 e. The predicted octanol–water partition coefficient (Wildman–Crippen LogP) is 0.309. The number of imidazole rings is 1. The molecule has 120 valence electrons. The maximum absolute atomic E-state index is 12.6.